The molecule has 3 rings (SSSR count). The van der Waals surface area contributed by atoms with Gasteiger partial charge in [-0.15, -0.1) is 0 Å². The first-order valence-electron chi connectivity index (χ1n) is 14.0. The molecule has 43 heavy (non-hydrogen) atoms. The maximum absolute atomic E-state index is 13.2. The zero-order valence-electron chi connectivity index (χ0n) is 26.4. The van der Waals surface area contributed by atoms with E-state index in [0.29, 0.717) is 36.6 Å². The van der Waals surface area contributed by atoms with Gasteiger partial charge in [-0.25, -0.2) is 4.39 Å². The Hall–Kier alpha value is -4.38. The Bertz CT molecular complexity index is 1180. The van der Waals surface area contributed by atoms with E-state index in [2.05, 4.69) is 34.3 Å². The van der Waals surface area contributed by atoms with Gasteiger partial charge in [0.15, 0.2) is 6.29 Å². The second-order valence-corrected chi connectivity index (χ2v) is 9.33. The number of nitrogens with two attached hydrogens (primary N) is 2. The second-order valence-electron chi connectivity index (χ2n) is 9.33. The summed E-state index contributed by atoms with van der Waals surface area (Å²) in [5.41, 5.74) is 14.8. The van der Waals surface area contributed by atoms with E-state index >= 15 is 0 Å². The molecule has 0 radical (unpaired) electrons. The lowest BCUT2D eigenvalue weighted by Gasteiger charge is -2.37. The molecule has 2 aromatic carbocycles. The van der Waals surface area contributed by atoms with Crippen LogP contribution in [0.1, 0.15) is 61.1 Å². The van der Waals surface area contributed by atoms with Gasteiger partial charge in [-0.1, -0.05) is 19.1 Å². The van der Waals surface area contributed by atoms with Gasteiger partial charge >= 0.3 is 0 Å². The highest BCUT2D eigenvalue weighted by atomic mass is 19.1. The number of nitrogens with one attached hydrogen (secondary N) is 2. The Morgan fingerprint density at radius 3 is 2.16 bits per heavy atom. The van der Waals surface area contributed by atoms with Gasteiger partial charge < -0.3 is 36.5 Å². The summed E-state index contributed by atoms with van der Waals surface area (Å²) in [4.78, 5) is 31.7. The number of primary amides is 1. The molecule has 238 valence electrons. The Morgan fingerprint density at radius 1 is 1.07 bits per heavy atom. The van der Waals surface area contributed by atoms with Crippen molar-refractivity contribution in [2.24, 2.45) is 5.73 Å². The maximum atomic E-state index is 13.2. The molecule has 1 aliphatic heterocycles. The normalized spacial score (nSPS) is 13.4. The molecule has 0 aliphatic carbocycles. The lowest BCUT2D eigenvalue weighted by molar-refractivity contribution is -0.109. The molecule has 0 fully saturated rings. The Balaban J connectivity index is 0.000000732. The molecular weight excluding hydrogens is 553 g/mol. The monoisotopic (exact) mass is 601 g/mol. The second kappa shape index (κ2) is 22.2. The van der Waals surface area contributed by atoms with Gasteiger partial charge in [0.2, 0.25) is 12.8 Å². The number of ether oxygens (including phenoxy) is 2. The van der Waals surface area contributed by atoms with Gasteiger partial charge in [-0.05, 0) is 87.8 Å². The highest BCUT2D eigenvalue weighted by molar-refractivity contribution is 5.86. The van der Waals surface area contributed by atoms with Crippen LogP contribution in [-0.2, 0) is 14.3 Å². The van der Waals surface area contributed by atoms with Gasteiger partial charge in [0.1, 0.15) is 23.4 Å². The summed E-state index contributed by atoms with van der Waals surface area (Å²) in [5, 5.41) is 5.70. The number of aldehydes is 1. The first-order chi connectivity index (χ1) is 20.6. The number of anilines is 1. The molecule has 6 N–H and O–H groups in total. The third-order valence-corrected chi connectivity index (χ3v) is 6.12. The zero-order chi connectivity index (χ0) is 32.8. The van der Waals surface area contributed by atoms with Gasteiger partial charge in [-0.2, -0.15) is 0 Å². The number of benzene rings is 2. The number of hydrogen-bond donors (Lipinski definition) is 4. The van der Waals surface area contributed by atoms with Crippen LogP contribution in [0, 0.1) is 12.7 Å². The van der Waals surface area contributed by atoms with Crippen molar-refractivity contribution in [3.63, 3.8) is 0 Å². The summed E-state index contributed by atoms with van der Waals surface area (Å²) in [5.74, 6) is 1.18. The van der Waals surface area contributed by atoms with Gasteiger partial charge in [0.05, 0.1) is 19.4 Å². The Kier molecular flexibility index (Phi) is 20.0. The van der Waals surface area contributed by atoms with Crippen molar-refractivity contribution in [1.82, 2.24) is 15.5 Å². The predicted molar refractivity (Wildman–Crippen MR) is 170 cm³/mol. The molecule has 0 spiro atoms. The molecule has 1 heterocycles. The van der Waals surface area contributed by atoms with E-state index < -0.39 is 0 Å². The lowest BCUT2D eigenvalue weighted by atomic mass is 9.95. The number of methoxy groups -OCH3 is 1. The summed E-state index contributed by atoms with van der Waals surface area (Å²) >= 11 is 0. The summed E-state index contributed by atoms with van der Waals surface area (Å²) in [6, 6.07) is 9.94. The molecule has 1 atom stereocenters. The number of rotatable bonds is 11. The minimum absolute atomic E-state index is 0.0909. The topological polar surface area (TPSA) is 149 Å². The van der Waals surface area contributed by atoms with Crippen LogP contribution in [-0.4, -0.2) is 64.9 Å². The van der Waals surface area contributed by atoms with E-state index in [9.17, 15) is 14.0 Å². The third-order valence-electron chi connectivity index (χ3n) is 6.12. The Morgan fingerprint density at radius 2 is 1.70 bits per heavy atom. The molecule has 11 heteroatoms. The Labute approximate surface area is 255 Å². The van der Waals surface area contributed by atoms with Crippen LogP contribution in [0.4, 0.5) is 10.1 Å². The van der Waals surface area contributed by atoms with Crippen molar-refractivity contribution in [2.45, 2.75) is 46.6 Å². The third kappa shape index (κ3) is 13.4. The molecule has 2 aromatic rings. The molecule has 2 amide bonds. The van der Waals surface area contributed by atoms with Crippen LogP contribution >= 0.6 is 0 Å². The summed E-state index contributed by atoms with van der Waals surface area (Å²) in [6.45, 7) is 10.3. The number of hydrogen-bond acceptors (Lipinski definition) is 8. The molecule has 1 unspecified atom stereocenters. The molecular formula is C32H48FN5O5. The number of halogens is 1. The van der Waals surface area contributed by atoms with Gasteiger partial charge in [0, 0.05) is 31.3 Å². The van der Waals surface area contributed by atoms with Gasteiger partial charge in [-0.3, -0.25) is 14.4 Å². The first kappa shape index (κ1) is 38.6. The minimum atomic E-state index is -0.253. The van der Waals surface area contributed by atoms with Crippen LogP contribution in [0.25, 0.3) is 0 Å². The van der Waals surface area contributed by atoms with Crippen LogP contribution in [0.2, 0.25) is 0 Å². The van der Waals surface area contributed by atoms with Crippen LogP contribution < -0.4 is 26.8 Å². The van der Waals surface area contributed by atoms with Crippen molar-refractivity contribution in [2.75, 3.05) is 46.6 Å². The maximum Gasteiger partial charge on any atom is 0.207 e. The van der Waals surface area contributed by atoms with Crippen LogP contribution in [0.3, 0.4) is 0 Å². The fourth-order valence-electron chi connectivity index (χ4n) is 4.16. The molecule has 0 bridgehead atoms. The van der Waals surface area contributed by atoms with Crippen molar-refractivity contribution in [1.29, 1.82) is 0 Å². The number of carbonyl (C=O) groups excluding carboxylic acids is 3. The highest BCUT2D eigenvalue weighted by Crippen LogP contribution is 2.38. The smallest absolute Gasteiger partial charge is 0.207 e. The predicted octanol–water partition coefficient (Wildman–Crippen LogP) is 4.26. The van der Waals surface area contributed by atoms with E-state index in [-0.39, 0.29) is 18.3 Å². The van der Waals surface area contributed by atoms with E-state index in [1.807, 2.05) is 34.9 Å². The summed E-state index contributed by atoms with van der Waals surface area (Å²) in [7, 11) is 5.48. The number of amides is 2. The van der Waals surface area contributed by atoms with Crippen molar-refractivity contribution in [3.8, 4) is 5.75 Å². The fourth-order valence-corrected chi connectivity index (χ4v) is 4.16. The summed E-state index contributed by atoms with van der Waals surface area (Å²) in [6.07, 6.45) is 5.72. The standard InChI is InChI=1S/C18H23FN2O2.C9H11NO2.C4H11N.CH3NO/c1-4-23-18-13(2)11-16(9-10-20-12-22)21(3)17(18)14-5-7-15(19)8-6-14;1-6-3-7(5-11)9(10)8(4-6)12-2;1-3-4-5-2;2-1-3/h5-8,11-12,17H,4,9-10H2,1-3H3,(H,20,22);3-5H,10H2,1-2H3;5H,3-4H2,1-2H3;1H,(H2,2,3). The quantitative estimate of drug-likeness (QED) is 0.170. The van der Waals surface area contributed by atoms with Crippen molar-refractivity contribution >= 4 is 24.8 Å². The SMILES string of the molecule is CCCNC.CCOC1=C(C)C=C(CCNC=O)N(C)C1c1ccc(F)cc1.COc1cc(C)cc(C=O)c1N.NC=O. The van der Waals surface area contributed by atoms with Crippen molar-refractivity contribution in [3.05, 3.63) is 82.0 Å². The molecule has 1 aliphatic rings. The zero-order valence-corrected chi connectivity index (χ0v) is 26.4. The van der Waals surface area contributed by atoms with E-state index in [0.717, 1.165) is 47.4 Å². The number of nitrogen functional groups attached to an aromatic ring is 1. The fraction of sp³-hybridized carbons (Fsp3) is 0.406. The van der Waals surface area contributed by atoms with Crippen molar-refractivity contribution < 1.29 is 28.2 Å². The number of allylic oxidation sites excluding steroid dienone is 2. The average Bonchev–Trinajstić information content (AvgIpc) is 2.99. The largest absolute Gasteiger partial charge is 0.495 e. The minimum Gasteiger partial charge on any atom is -0.495 e. The van der Waals surface area contributed by atoms with E-state index in [4.69, 9.17) is 20.0 Å². The van der Waals surface area contributed by atoms with E-state index in [1.54, 1.807) is 24.3 Å². The number of aryl methyl sites for hydroxylation is 1. The van der Waals surface area contributed by atoms with Crippen LogP contribution in [0.15, 0.2) is 59.5 Å². The number of carbonyl (C=O) groups is 3. The number of nitrogens with zero attached hydrogens (tertiary/aromatic N) is 1. The average molecular weight is 602 g/mol. The highest BCUT2D eigenvalue weighted by Gasteiger charge is 2.29. The molecule has 10 nitrogen and oxygen atoms in total. The first-order valence-corrected chi connectivity index (χ1v) is 14.0. The lowest BCUT2D eigenvalue weighted by Crippen LogP contribution is -2.31. The van der Waals surface area contributed by atoms with E-state index in [1.165, 1.54) is 25.7 Å². The molecule has 0 saturated carbocycles. The summed E-state index contributed by atoms with van der Waals surface area (Å²) < 4.78 is 24.1. The molecule has 0 aromatic heterocycles. The van der Waals surface area contributed by atoms with Gasteiger partial charge in [0.25, 0.3) is 0 Å². The van der Waals surface area contributed by atoms with Crippen LogP contribution in [0.5, 0.6) is 5.75 Å². The number of likely N-dealkylation sites (N-methyl/N-ethyl adjacent to an activating group) is 1. The molecule has 0 saturated heterocycles.